The molecule has 4 nitrogen and oxygen atoms in total. The largest absolute Gasteiger partial charge is 0.512 e. The van der Waals surface area contributed by atoms with Crippen LogP contribution in [0.3, 0.4) is 0 Å². The van der Waals surface area contributed by atoms with Crippen LogP contribution in [0.2, 0.25) is 0 Å². The molecular weight excluding hydrogens is 711 g/mol. The van der Waals surface area contributed by atoms with E-state index in [4.69, 9.17) is 9.72 Å². The summed E-state index contributed by atoms with van der Waals surface area (Å²) in [7, 11) is 0. The fourth-order valence-electron chi connectivity index (χ4n) is 6.02. The Morgan fingerprint density at radius 3 is 2.26 bits per heavy atom. The Hall–Kier alpha value is -3.01. The minimum Gasteiger partial charge on any atom is -0.512 e. The molecule has 43 heavy (non-hydrogen) atoms. The van der Waals surface area contributed by atoms with Crippen molar-refractivity contribution in [2.24, 2.45) is 17.8 Å². The predicted molar refractivity (Wildman–Crippen MR) is 175 cm³/mol. The topological polar surface area (TPSA) is 59.4 Å². The maximum absolute atomic E-state index is 11.7. The van der Waals surface area contributed by atoms with Crippen LogP contribution in [0.1, 0.15) is 83.9 Å². The molecule has 4 aromatic rings. The zero-order valence-corrected chi connectivity index (χ0v) is 29.3. The van der Waals surface area contributed by atoms with E-state index in [0.717, 1.165) is 65.6 Å². The number of carbonyl (C=O) groups excluding carboxylic acids is 1. The number of rotatable bonds is 9. The summed E-state index contributed by atoms with van der Waals surface area (Å²) in [6.45, 7) is 16.8. The molecule has 0 spiro atoms. The third-order valence-electron chi connectivity index (χ3n) is 8.38. The number of pyridine rings is 1. The molecule has 3 aromatic carbocycles. The van der Waals surface area contributed by atoms with Crippen LogP contribution in [0, 0.1) is 37.7 Å². The zero-order chi connectivity index (χ0) is 30.6. The van der Waals surface area contributed by atoms with Gasteiger partial charge in [0.25, 0.3) is 0 Å². The van der Waals surface area contributed by atoms with Gasteiger partial charge in [0.1, 0.15) is 5.75 Å². The van der Waals surface area contributed by atoms with Crippen LogP contribution < -0.4 is 4.74 Å². The van der Waals surface area contributed by atoms with E-state index in [1.807, 2.05) is 33.9 Å². The average Bonchev–Trinajstić information content (AvgIpc) is 2.94. The van der Waals surface area contributed by atoms with Crippen molar-refractivity contribution in [3.8, 4) is 22.8 Å². The second kappa shape index (κ2) is 15.1. The van der Waals surface area contributed by atoms with Gasteiger partial charge in [0.05, 0.1) is 11.5 Å². The molecule has 1 aliphatic rings. The molecule has 0 saturated carbocycles. The molecule has 231 valence electrons. The molecule has 5 rings (SSSR count). The number of aromatic nitrogens is 1. The molecular formula is C38H46IrNO3-. The van der Waals surface area contributed by atoms with Crippen molar-refractivity contribution in [1.29, 1.82) is 0 Å². The Bertz CT molecular complexity index is 1610. The maximum Gasteiger partial charge on any atom is 0.162 e. The normalized spacial score (nSPS) is 12.2. The molecule has 1 aromatic heterocycles. The van der Waals surface area contributed by atoms with Crippen molar-refractivity contribution in [2.45, 2.75) is 87.5 Å². The first-order valence-corrected chi connectivity index (χ1v) is 15.6. The number of ether oxygens (including phenoxy) is 1. The van der Waals surface area contributed by atoms with Gasteiger partial charge < -0.3 is 9.84 Å². The molecule has 0 atom stereocenters. The van der Waals surface area contributed by atoms with Gasteiger partial charge in [-0.3, -0.25) is 9.78 Å². The van der Waals surface area contributed by atoms with Gasteiger partial charge in [-0.25, -0.2) is 0 Å². The van der Waals surface area contributed by atoms with E-state index in [1.54, 1.807) is 0 Å². The van der Waals surface area contributed by atoms with Crippen LogP contribution in [-0.2, 0) is 31.3 Å². The van der Waals surface area contributed by atoms with E-state index < -0.39 is 0 Å². The van der Waals surface area contributed by atoms with Gasteiger partial charge in [-0.05, 0) is 75.0 Å². The number of benzene rings is 3. The SMILES string of the molecule is CCC(CC)C(=O)/C=C(\O)C(CC)CC.Cc1cc(C)c2cc3c([c-]c2c1)-c1nccc2cc(CC(C)C)cc(c12)O3.[Ir]. The summed E-state index contributed by atoms with van der Waals surface area (Å²) in [6, 6.07) is 16.7. The van der Waals surface area contributed by atoms with Gasteiger partial charge in [-0.1, -0.05) is 81.8 Å². The number of hydrogen-bond donors (Lipinski definition) is 1. The van der Waals surface area contributed by atoms with Crippen molar-refractivity contribution in [1.82, 2.24) is 4.98 Å². The van der Waals surface area contributed by atoms with Gasteiger partial charge in [0, 0.05) is 55.3 Å². The number of aliphatic hydroxyl groups is 1. The number of aliphatic hydroxyl groups excluding tert-OH is 1. The number of nitrogens with zero attached hydrogens (tertiary/aromatic N) is 1. The summed E-state index contributed by atoms with van der Waals surface area (Å²) in [5.74, 6) is 2.92. The van der Waals surface area contributed by atoms with Crippen LogP contribution in [0.5, 0.6) is 11.5 Å². The number of fused-ring (bicyclic) bond motifs is 3. The second-order valence-electron chi connectivity index (χ2n) is 12.1. The standard InChI is InChI=1S/C25H22NO.C13H24O2.Ir/c1-14(2)7-17-10-18-5-6-26-25-21-12-19-9-15(3)8-16(4)20(19)13-22(21)27-23(11-17)24(18)25;1-5-10(6-2)12(14)9-13(15)11(7-3)8-4;/h5-6,8-11,13-14H,7H2,1-4H3;9-11,14H,5-8H2,1-4H3;/q-1;;/b;12-9-;. The Morgan fingerprint density at radius 2 is 1.63 bits per heavy atom. The van der Waals surface area contributed by atoms with Crippen molar-refractivity contribution in [3.05, 3.63) is 77.2 Å². The molecule has 1 N–H and O–H groups in total. The zero-order valence-electron chi connectivity index (χ0n) is 26.9. The van der Waals surface area contributed by atoms with Crippen LogP contribution in [0.4, 0.5) is 0 Å². The fraction of sp³-hybridized carbons (Fsp3) is 0.421. The summed E-state index contributed by atoms with van der Waals surface area (Å²) >= 11 is 0. The van der Waals surface area contributed by atoms with Crippen molar-refractivity contribution in [2.75, 3.05) is 0 Å². The number of carbonyl (C=O) groups is 1. The van der Waals surface area contributed by atoms with Gasteiger partial charge >= 0.3 is 0 Å². The number of aryl methyl sites for hydroxylation is 2. The first-order valence-electron chi connectivity index (χ1n) is 15.6. The first-order chi connectivity index (χ1) is 20.1. The predicted octanol–water partition coefficient (Wildman–Crippen LogP) is 10.6. The second-order valence-corrected chi connectivity index (χ2v) is 12.1. The van der Waals surface area contributed by atoms with Crippen molar-refractivity contribution in [3.63, 3.8) is 0 Å². The van der Waals surface area contributed by atoms with E-state index >= 15 is 0 Å². The average molecular weight is 757 g/mol. The Balaban J connectivity index is 0.000000274. The van der Waals surface area contributed by atoms with Crippen molar-refractivity contribution >= 4 is 27.3 Å². The molecule has 0 fully saturated rings. The Labute approximate surface area is 271 Å². The molecule has 2 heterocycles. The summed E-state index contributed by atoms with van der Waals surface area (Å²) in [5, 5.41) is 14.3. The van der Waals surface area contributed by atoms with Gasteiger partial charge in [0.15, 0.2) is 5.78 Å². The van der Waals surface area contributed by atoms with Crippen LogP contribution in [0.15, 0.2) is 54.4 Å². The molecule has 0 bridgehead atoms. The monoisotopic (exact) mass is 757 g/mol. The van der Waals surface area contributed by atoms with Crippen LogP contribution in [0.25, 0.3) is 32.8 Å². The van der Waals surface area contributed by atoms with E-state index in [2.05, 4.69) is 70.2 Å². The smallest absolute Gasteiger partial charge is 0.162 e. The molecule has 5 heteroatoms. The first kappa shape index (κ1) is 34.5. The summed E-state index contributed by atoms with van der Waals surface area (Å²) in [5.41, 5.74) is 5.74. The van der Waals surface area contributed by atoms with E-state index in [1.165, 1.54) is 33.5 Å². The molecule has 0 amide bonds. The van der Waals surface area contributed by atoms with Crippen LogP contribution >= 0.6 is 0 Å². The van der Waals surface area contributed by atoms with Crippen molar-refractivity contribution < 1.29 is 34.7 Å². The summed E-state index contributed by atoms with van der Waals surface area (Å²) < 4.78 is 6.39. The third kappa shape index (κ3) is 7.75. The van der Waals surface area contributed by atoms with E-state index in [-0.39, 0.29) is 43.5 Å². The number of allylic oxidation sites excluding steroid dienone is 2. The number of hydrogen-bond acceptors (Lipinski definition) is 4. The van der Waals surface area contributed by atoms with Gasteiger partial charge in [-0.15, -0.1) is 17.5 Å². The minimum atomic E-state index is 0. The fourth-order valence-corrected chi connectivity index (χ4v) is 6.02. The molecule has 0 unspecified atom stereocenters. The minimum absolute atomic E-state index is 0. The molecule has 0 aliphatic carbocycles. The summed E-state index contributed by atoms with van der Waals surface area (Å²) in [4.78, 5) is 16.4. The maximum atomic E-state index is 11.7. The van der Waals surface area contributed by atoms with E-state index in [9.17, 15) is 9.90 Å². The third-order valence-corrected chi connectivity index (χ3v) is 8.38. The Kier molecular flexibility index (Phi) is 12.1. The van der Waals surface area contributed by atoms with E-state index in [0.29, 0.717) is 5.92 Å². The number of ketones is 1. The Morgan fingerprint density at radius 1 is 0.953 bits per heavy atom. The quantitative estimate of drug-likeness (QED) is 0.0924. The van der Waals surface area contributed by atoms with Crippen LogP contribution in [-0.4, -0.2) is 15.9 Å². The van der Waals surface area contributed by atoms with Gasteiger partial charge in [-0.2, -0.15) is 0 Å². The van der Waals surface area contributed by atoms with Gasteiger partial charge in [0.2, 0.25) is 0 Å². The molecule has 0 saturated heterocycles. The molecule has 1 radical (unpaired) electrons. The summed E-state index contributed by atoms with van der Waals surface area (Å²) in [6.07, 6.45) is 7.84. The molecule has 1 aliphatic heterocycles.